The molecule has 0 fully saturated rings. The van der Waals surface area contributed by atoms with E-state index < -0.39 is 6.04 Å². The topological polar surface area (TPSA) is 53.1 Å². The standard InChI is InChI=1S/C12H15N3/c13-8-11(14)9-15-7-3-5-10-4-1-2-6-12(10)15/h1-2,4,6,11H,3,5,7,9,14H2. The molecule has 1 aromatic carbocycles. The van der Waals surface area contributed by atoms with E-state index in [0.29, 0.717) is 6.54 Å². The van der Waals surface area contributed by atoms with Gasteiger partial charge >= 0.3 is 0 Å². The third-order valence-electron chi connectivity index (χ3n) is 2.79. The first-order valence-corrected chi connectivity index (χ1v) is 5.29. The number of aryl methyl sites for hydroxylation is 1. The molecular formula is C12H15N3. The zero-order valence-corrected chi connectivity index (χ0v) is 8.69. The fraction of sp³-hybridized carbons (Fsp3) is 0.417. The predicted octanol–water partition coefficient (Wildman–Crippen LogP) is 1.29. The van der Waals surface area contributed by atoms with Crippen LogP contribution in [0.2, 0.25) is 0 Å². The molecule has 0 aliphatic carbocycles. The van der Waals surface area contributed by atoms with Crippen LogP contribution in [0, 0.1) is 11.3 Å². The molecule has 78 valence electrons. The van der Waals surface area contributed by atoms with Crippen LogP contribution in [-0.4, -0.2) is 19.1 Å². The van der Waals surface area contributed by atoms with Gasteiger partial charge in [-0.2, -0.15) is 5.26 Å². The quantitative estimate of drug-likeness (QED) is 0.784. The van der Waals surface area contributed by atoms with Gasteiger partial charge in [-0.1, -0.05) is 18.2 Å². The Hall–Kier alpha value is -1.53. The Balaban J connectivity index is 2.19. The molecule has 0 aromatic heterocycles. The third-order valence-corrected chi connectivity index (χ3v) is 2.79. The molecule has 15 heavy (non-hydrogen) atoms. The van der Waals surface area contributed by atoms with Gasteiger partial charge in [0.05, 0.1) is 6.07 Å². The number of nitrogens with zero attached hydrogens (tertiary/aromatic N) is 2. The van der Waals surface area contributed by atoms with E-state index in [1.165, 1.54) is 11.3 Å². The number of benzene rings is 1. The van der Waals surface area contributed by atoms with Crippen molar-refractivity contribution in [3.8, 4) is 6.07 Å². The van der Waals surface area contributed by atoms with Crippen LogP contribution in [0.4, 0.5) is 5.69 Å². The second-order valence-electron chi connectivity index (χ2n) is 3.91. The smallest absolute Gasteiger partial charge is 0.110 e. The van der Waals surface area contributed by atoms with Crippen molar-refractivity contribution in [2.24, 2.45) is 5.73 Å². The molecule has 1 atom stereocenters. The summed E-state index contributed by atoms with van der Waals surface area (Å²) in [6.45, 7) is 1.64. The van der Waals surface area contributed by atoms with Gasteiger partial charge in [-0.05, 0) is 24.5 Å². The molecule has 1 aliphatic rings. The van der Waals surface area contributed by atoms with Crippen LogP contribution in [-0.2, 0) is 6.42 Å². The summed E-state index contributed by atoms with van der Waals surface area (Å²) in [4.78, 5) is 2.22. The average Bonchev–Trinajstić information content (AvgIpc) is 2.29. The highest BCUT2D eigenvalue weighted by molar-refractivity contribution is 5.55. The molecule has 0 bridgehead atoms. The van der Waals surface area contributed by atoms with E-state index >= 15 is 0 Å². The lowest BCUT2D eigenvalue weighted by atomic mass is 10.0. The van der Waals surface area contributed by atoms with Crippen molar-refractivity contribution < 1.29 is 0 Å². The van der Waals surface area contributed by atoms with Gasteiger partial charge in [0.2, 0.25) is 0 Å². The molecule has 0 radical (unpaired) electrons. The van der Waals surface area contributed by atoms with Gasteiger partial charge in [-0.3, -0.25) is 0 Å². The molecule has 0 amide bonds. The minimum absolute atomic E-state index is 0.392. The van der Waals surface area contributed by atoms with Crippen molar-refractivity contribution in [2.45, 2.75) is 18.9 Å². The number of fused-ring (bicyclic) bond motifs is 1. The number of para-hydroxylation sites is 1. The summed E-state index contributed by atoms with van der Waals surface area (Å²) in [5, 5.41) is 8.71. The minimum Gasteiger partial charge on any atom is -0.369 e. The summed E-state index contributed by atoms with van der Waals surface area (Å²) in [5.41, 5.74) is 8.27. The predicted molar refractivity (Wildman–Crippen MR) is 60.6 cm³/mol. The summed E-state index contributed by atoms with van der Waals surface area (Å²) in [5.74, 6) is 0. The van der Waals surface area contributed by atoms with Gasteiger partial charge in [0.25, 0.3) is 0 Å². The molecule has 0 spiro atoms. The lowest BCUT2D eigenvalue weighted by Crippen LogP contribution is -2.39. The number of rotatable bonds is 2. The number of anilines is 1. The SMILES string of the molecule is N#CC(N)CN1CCCc2ccccc21. The monoisotopic (exact) mass is 201 g/mol. The molecule has 3 nitrogen and oxygen atoms in total. The van der Waals surface area contributed by atoms with E-state index in [1.54, 1.807) is 0 Å². The van der Waals surface area contributed by atoms with Gasteiger partial charge in [-0.15, -0.1) is 0 Å². The Morgan fingerprint density at radius 1 is 1.47 bits per heavy atom. The van der Waals surface area contributed by atoms with Crippen LogP contribution in [0.3, 0.4) is 0 Å². The average molecular weight is 201 g/mol. The second kappa shape index (κ2) is 4.33. The highest BCUT2D eigenvalue weighted by atomic mass is 15.1. The molecule has 0 saturated heterocycles. The van der Waals surface area contributed by atoms with Gasteiger partial charge in [0.15, 0.2) is 0 Å². The van der Waals surface area contributed by atoms with Crippen LogP contribution in [0.25, 0.3) is 0 Å². The van der Waals surface area contributed by atoms with E-state index in [4.69, 9.17) is 11.0 Å². The zero-order chi connectivity index (χ0) is 10.7. The van der Waals surface area contributed by atoms with Crippen LogP contribution >= 0.6 is 0 Å². The number of nitrogens with two attached hydrogens (primary N) is 1. The van der Waals surface area contributed by atoms with Crippen molar-refractivity contribution in [1.29, 1.82) is 5.26 Å². The zero-order valence-electron chi connectivity index (χ0n) is 8.69. The maximum Gasteiger partial charge on any atom is 0.110 e. The summed E-state index contributed by atoms with van der Waals surface area (Å²) >= 11 is 0. The summed E-state index contributed by atoms with van der Waals surface area (Å²) in [6.07, 6.45) is 2.28. The van der Waals surface area contributed by atoms with Gasteiger partial charge in [0, 0.05) is 18.8 Å². The minimum atomic E-state index is -0.392. The summed E-state index contributed by atoms with van der Waals surface area (Å²) < 4.78 is 0. The second-order valence-corrected chi connectivity index (χ2v) is 3.91. The summed E-state index contributed by atoms with van der Waals surface area (Å²) in [6, 6.07) is 10.0. The lowest BCUT2D eigenvalue weighted by Gasteiger charge is -2.31. The van der Waals surface area contributed by atoms with Crippen molar-refractivity contribution in [2.75, 3.05) is 18.0 Å². The van der Waals surface area contributed by atoms with E-state index in [2.05, 4.69) is 29.2 Å². The van der Waals surface area contributed by atoms with Gasteiger partial charge in [0.1, 0.15) is 6.04 Å². The van der Waals surface area contributed by atoms with Crippen molar-refractivity contribution in [1.82, 2.24) is 0 Å². The first kappa shape index (κ1) is 10.0. The molecule has 2 rings (SSSR count). The van der Waals surface area contributed by atoms with Crippen molar-refractivity contribution in [3.63, 3.8) is 0 Å². The molecular weight excluding hydrogens is 186 g/mol. The maximum atomic E-state index is 8.71. The van der Waals surface area contributed by atoms with Crippen LogP contribution < -0.4 is 10.6 Å². The van der Waals surface area contributed by atoms with Crippen LogP contribution in [0.5, 0.6) is 0 Å². The van der Waals surface area contributed by atoms with E-state index in [-0.39, 0.29) is 0 Å². The van der Waals surface area contributed by atoms with Gasteiger partial charge in [-0.25, -0.2) is 0 Å². The largest absolute Gasteiger partial charge is 0.369 e. The van der Waals surface area contributed by atoms with Crippen molar-refractivity contribution in [3.05, 3.63) is 29.8 Å². The Kier molecular flexibility index (Phi) is 2.89. The summed E-state index contributed by atoms with van der Waals surface area (Å²) in [7, 11) is 0. The number of hydrogen-bond acceptors (Lipinski definition) is 3. The molecule has 3 heteroatoms. The van der Waals surface area contributed by atoms with E-state index in [9.17, 15) is 0 Å². The van der Waals surface area contributed by atoms with E-state index in [1.807, 2.05) is 6.07 Å². The van der Waals surface area contributed by atoms with Crippen LogP contribution in [0.1, 0.15) is 12.0 Å². The Bertz CT molecular complexity index is 381. The molecule has 2 N–H and O–H groups in total. The molecule has 1 aromatic rings. The number of nitriles is 1. The fourth-order valence-corrected chi connectivity index (χ4v) is 2.08. The highest BCUT2D eigenvalue weighted by Gasteiger charge is 2.17. The molecule has 0 saturated carbocycles. The first-order chi connectivity index (χ1) is 7.31. The molecule has 1 heterocycles. The highest BCUT2D eigenvalue weighted by Crippen LogP contribution is 2.26. The van der Waals surface area contributed by atoms with Crippen molar-refractivity contribution >= 4 is 5.69 Å². The number of hydrogen-bond donors (Lipinski definition) is 1. The molecule has 1 unspecified atom stereocenters. The lowest BCUT2D eigenvalue weighted by molar-refractivity contribution is 0.662. The Morgan fingerprint density at radius 3 is 3.07 bits per heavy atom. The van der Waals surface area contributed by atoms with E-state index in [0.717, 1.165) is 19.4 Å². The first-order valence-electron chi connectivity index (χ1n) is 5.29. The maximum absolute atomic E-state index is 8.71. The van der Waals surface area contributed by atoms with Crippen LogP contribution in [0.15, 0.2) is 24.3 Å². The molecule has 1 aliphatic heterocycles. The fourth-order valence-electron chi connectivity index (χ4n) is 2.08. The normalized spacial score (nSPS) is 16.7. The third kappa shape index (κ3) is 2.11. The Labute approximate surface area is 90.1 Å². The Morgan fingerprint density at radius 2 is 2.27 bits per heavy atom. The van der Waals surface area contributed by atoms with Gasteiger partial charge < -0.3 is 10.6 Å².